The first-order valence-corrected chi connectivity index (χ1v) is 9.19. The van der Waals surface area contributed by atoms with Crippen LogP contribution >= 0.6 is 0 Å². The van der Waals surface area contributed by atoms with E-state index in [0.717, 1.165) is 32.7 Å². The maximum absolute atomic E-state index is 12.2. The molecule has 1 amide bonds. The van der Waals surface area contributed by atoms with Gasteiger partial charge in [0, 0.05) is 38.3 Å². The summed E-state index contributed by atoms with van der Waals surface area (Å²) in [5.41, 5.74) is -0.355. The van der Waals surface area contributed by atoms with E-state index in [2.05, 4.69) is 49.4 Å². The van der Waals surface area contributed by atoms with Crippen LogP contribution in [0.25, 0.3) is 0 Å². The third-order valence-electron chi connectivity index (χ3n) is 4.53. The van der Waals surface area contributed by atoms with E-state index < -0.39 is 0 Å². The van der Waals surface area contributed by atoms with Crippen molar-refractivity contribution in [3.63, 3.8) is 0 Å². The molecule has 5 nitrogen and oxygen atoms in total. The van der Waals surface area contributed by atoms with E-state index in [1.54, 1.807) is 6.08 Å². The smallest absolute Gasteiger partial charge is 0.234 e. The molecule has 140 valence electrons. The maximum atomic E-state index is 12.2. The van der Waals surface area contributed by atoms with Crippen molar-refractivity contribution in [3.05, 3.63) is 12.7 Å². The van der Waals surface area contributed by atoms with Crippen LogP contribution in [0.2, 0.25) is 0 Å². The SMILES string of the molecule is C=CC(C)(C)NC(=O)CN1CC(C)N(CCCOC(C)C)C(C)C1. The molecule has 0 aromatic carbocycles. The molecule has 5 heteroatoms. The quantitative estimate of drug-likeness (QED) is 0.517. The first-order chi connectivity index (χ1) is 11.1. The Balaban J connectivity index is 2.41. The van der Waals surface area contributed by atoms with Gasteiger partial charge in [0.25, 0.3) is 0 Å². The summed E-state index contributed by atoms with van der Waals surface area (Å²) in [6, 6.07) is 0.904. The van der Waals surface area contributed by atoms with E-state index in [1.165, 1.54) is 0 Å². The van der Waals surface area contributed by atoms with Crippen LogP contribution in [0.4, 0.5) is 0 Å². The van der Waals surface area contributed by atoms with Crippen LogP contribution in [-0.2, 0) is 9.53 Å². The summed E-state index contributed by atoms with van der Waals surface area (Å²) < 4.78 is 5.64. The van der Waals surface area contributed by atoms with Gasteiger partial charge in [0.05, 0.1) is 18.2 Å². The molecule has 1 fully saturated rings. The molecule has 0 saturated carbocycles. The lowest BCUT2D eigenvalue weighted by atomic mass is 10.1. The van der Waals surface area contributed by atoms with Gasteiger partial charge < -0.3 is 10.1 Å². The van der Waals surface area contributed by atoms with Gasteiger partial charge in [-0.3, -0.25) is 14.6 Å². The highest BCUT2D eigenvalue weighted by Gasteiger charge is 2.30. The molecule has 0 aliphatic carbocycles. The number of carbonyl (C=O) groups is 1. The number of amides is 1. The Bertz CT molecular complexity index is 397. The minimum Gasteiger partial charge on any atom is -0.379 e. The van der Waals surface area contributed by atoms with Crippen LogP contribution in [0.5, 0.6) is 0 Å². The molecular formula is C19H37N3O2. The average molecular weight is 340 g/mol. The standard InChI is InChI=1S/C19H37N3O2/c1-8-19(6,7)20-18(23)14-21-12-16(4)22(17(5)13-21)10-9-11-24-15(2)3/h8,15-17H,1,9-14H2,2-7H3,(H,20,23). The average Bonchev–Trinajstić information content (AvgIpc) is 2.44. The van der Waals surface area contributed by atoms with Crippen molar-refractivity contribution in [1.82, 2.24) is 15.1 Å². The molecule has 2 atom stereocenters. The summed E-state index contributed by atoms with van der Waals surface area (Å²) in [6.07, 6.45) is 3.13. The van der Waals surface area contributed by atoms with Gasteiger partial charge >= 0.3 is 0 Å². The second-order valence-corrected chi connectivity index (χ2v) is 7.88. The first kappa shape index (κ1) is 21.1. The maximum Gasteiger partial charge on any atom is 0.234 e. The van der Waals surface area contributed by atoms with Gasteiger partial charge in [-0.25, -0.2) is 0 Å². The number of nitrogens with one attached hydrogen (secondary N) is 1. The highest BCUT2D eigenvalue weighted by molar-refractivity contribution is 5.79. The topological polar surface area (TPSA) is 44.8 Å². The molecule has 1 N–H and O–H groups in total. The molecule has 24 heavy (non-hydrogen) atoms. The molecule has 0 radical (unpaired) electrons. The normalized spacial score (nSPS) is 23.5. The van der Waals surface area contributed by atoms with Crippen molar-refractivity contribution >= 4 is 5.91 Å². The van der Waals surface area contributed by atoms with E-state index in [-0.39, 0.29) is 11.4 Å². The Morgan fingerprint density at radius 2 is 1.92 bits per heavy atom. The van der Waals surface area contributed by atoms with Crippen molar-refractivity contribution < 1.29 is 9.53 Å². The van der Waals surface area contributed by atoms with E-state index in [0.29, 0.717) is 24.7 Å². The zero-order valence-electron chi connectivity index (χ0n) is 16.5. The van der Waals surface area contributed by atoms with Crippen molar-refractivity contribution in [2.45, 2.75) is 71.7 Å². The van der Waals surface area contributed by atoms with Crippen molar-refractivity contribution in [3.8, 4) is 0 Å². The van der Waals surface area contributed by atoms with E-state index in [4.69, 9.17) is 4.74 Å². The Morgan fingerprint density at radius 1 is 1.33 bits per heavy atom. The minimum atomic E-state index is -0.355. The molecule has 0 aromatic rings. The molecule has 1 aliphatic heterocycles. The van der Waals surface area contributed by atoms with Gasteiger partial charge in [-0.1, -0.05) is 6.08 Å². The lowest BCUT2D eigenvalue weighted by Gasteiger charge is -2.44. The van der Waals surface area contributed by atoms with Gasteiger partial charge in [0.15, 0.2) is 0 Å². The molecule has 2 unspecified atom stereocenters. The Morgan fingerprint density at radius 3 is 2.42 bits per heavy atom. The monoisotopic (exact) mass is 339 g/mol. The van der Waals surface area contributed by atoms with Crippen LogP contribution in [0.15, 0.2) is 12.7 Å². The van der Waals surface area contributed by atoms with Crippen molar-refractivity contribution in [2.24, 2.45) is 0 Å². The van der Waals surface area contributed by atoms with Crippen LogP contribution in [-0.4, -0.2) is 72.2 Å². The Hall–Kier alpha value is -0.910. The van der Waals surface area contributed by atoms with Crippen LogP contribution in [0, 0.1) is 0 Å². The molecule has 1 rings (SSSR count). The van der Waals surface area contributed by atoms with E-state index in [1.807, 2.05) is 13.8 Å². The zero-order valence-corrected chi connectivity index (χ0v) is 16.5. The lowest BCUT2D eigenvalue weighted by molar-refractivity contribution is -0.124. The summed E-state index contributed by atoms with van der Waals surface area (Å²) in [5, 5.41) is 3.02. The summed E-state index contributed by atoms with van der Waals surface area (Å²) in [6.45, 7) is 20.5. The van der Waals surface area contributed by atoms with Crippen LogP contribution in [0.1, 0.15) is 48.0 Å². The van der Waals surface area contributed by atoms with Gasteiger partial charge in [-0.15, -0.1) is 6.58 Å². The van der Waals surface area contributed by atoms with Crippen molar-refractivity contribution in [2.75, 3.05) is 32.8 Å². The molecule has 0 bridgehead atoms. The van der Waals surface area contributed by atoms with Gasteiger partial charge in [0.2, 0.25) is 5.91 Å². The summed E-state index contributed by atoms with van der Waals surface area (Å²) in [5.74, 6) is 0.0677. The fourth-order valence-corrected chi connectivity index (χ4v) is 3.26. The Kier molecular flexibility index (Phi) is 8.40. The molecule has 0 spiro atoms. The molecule has 0 aromatic heterocycles. The first-order valence-electron chi connectivity index (χ1n) is 9.19. The number of rotatable bonds is 9. The number of ether oxygens (including phenoxy) is 1. The van der Waals surface area contributed by atoms with E-state index >= 15 is 0 Å². The highest BCUT2D eigenvalue weighted by Crippen LogP contribution is 2.16. The predicted molar refractivity (Wildman–Crippen MR) is 100 cm³/mol. The number of carbonyl (C=O) groups excluding carboxylic acids is 1. The van der Waals surface area contributed by atoms with Gasteiger partial charge in [-0.05, 0) is 48.0 Å². The second-order valence-electron chi connectivity index (χ2n) is 7.88. The number of hydrogen-bond donors (Lipinski definition) is 1. The lowest BCUT2D eigenvalue weighted by Crippen LogP contribution is -2.59. The third kappa shape index (κ3) is 7.32. The minimum absolute atomic E-state index is 0.0677. The summed E-state index contributed by atoms with van der Waals surface area (Å²) >= 11 is 0. The van der Waals surface area contributed by atoms with Crippen molar-refractivity contribution in [1.29, 1.82) is 0 Å². The fourth-order valence-electron chi connectivity index (χ4n) is 3.26. The molecule has 1 aliphatic rings. The number of nitrogens with zero attached hydrogens (tertiary/aromatic N) is 2. The molecular weight excluding hydrogens is 302 g/mol. The second kappa shape index (κ2) is 9.54. The third-order valence-corrected chi connectivity index (χ3v) is 4.53. The number of piperazine rings is 1. The Labute approximate surface area is 148 Å². The molecule has 1 saturated heterocycles. The largest absolute Gasteiger partial charge is 0.379 e. The van der Waals surface area contributed by atoms with Gasteiger partial charge in [0.1, 0.15) is 0 Å². The summed E-state index contributed by atoms with van der Waals surface area (Å²) in [7, 11) is 0. The summed E-state index contributed by atoms with van der Waals surface area (Å²) in [4.78, 5) is 17.0. The number of hydrogen-bond acceptors (Lipinski definition) is 4. The van der Waals surface area contributed by atoms with Crippen LogP contribution in [0.3, 0.4) is 0 Å². The zero-order chi connectivity index (χ0) is 18.3. The van der Waals surface area contributed by atoms with Gasteiger partial charge in [-0.2, -0.15) is 0 Å². The predicted octanol–water partition coefficient (Wildman–Crippen LogP) is 2.28. The highest BCUT2D eigenvalue weighted by atomic mass is 16.5. The fraction of sp³-hybridized carbons (Fsp3) is 0.842. The molecule has 1 heterocycles. The van der Waals surface area contributed by atoms with Crippen LogP contribution < -0.4 is 5.32 Å². The van der Waals surface area contributed by atoms with E-state index in [9.17, 15) is 4.79 Å².